The Bertz CT molecular complexity index is 424. The smallest absolute Gasteiger partial charge is 0.142 e. The molecule has 0 bridgehead atoms. The second kappa shape index (κ2) is 5.15. The quantitative estimate of drug-likeness (QED) is 0.772. The van der Waals surface area contributed by atoms with Gasteiger partial charge in [0.15, 0.2) is 0 Å². The molecule has 4 heteroatoms. The monoisotopic (exact) mass is 230 g/mol. The second-order valence-corrected chi connectivity index (χ2v) is 4.43. The van der Waals surface area contributed by atoms with E-state index in [1.54, 1.807) is 6.20 Å². The molecule has 1 aliphatic rings. The highest BCUT2D eigenvalue weighted by atomic mass is 15.3. The second-order valence-electron chi connectivity index (χ2n) is 4.43. The Labute approximate surface area is 102 Å². The number of aromatic nitrogens is 1. The molecular weight excluding hydrogens is 212 g/mol. The van der Waals surface area contributed by atoms with Crippen molar-refractivity contribution < 1.29 is 0 Å². The molecule has 90 valence electrons. The minimum Gasteiger partial charge on any atom is -0.369 e. The fourth-order valence-corrected chi connectivity index (χ4v) is 2.38. The fourth-order valence-electron chi connectivity index (χ4n) is 2.38. The lowest BCUT2D eigenvalue weighted by atomic mass is 10.1. The largest absolute Gasteiger partial charge is 0.369 e. The first-order valence-corrected chi connectivity index (χ1v) is 6.09. The molecule has 4 nitrogen and oxygen atoms in total. The third kappa shape index (κ3) is 2.56. The van der Waals surface area contributed by atoms with Gasteiger partial charge in [-0.1, -0.05) is 6.92 Å². The van der Waals surface area contributed by atoms with Crippen LogP contribution in [0.3, 0.4) is 0 Å². The van der Waals surface area contributed by atoms with Gasteiger partial charge in [-0.2, -0.15) is 5.26 Å². The number of hydrogen-bond acceptors (Lipinski definition) is 4. The third-order valence-electron chi connectivity index (χ3n) is 3.39. The van der Waals surface area contributed by atoms with Gasteiger partial charge in [0, 0.05) is 37.6 Å². The zero-order valence-corrected chi connectivity index (χ0v) is 10.4. The molecule has 0 spiro atoms. The van der Waals surface area contributed by atoms with Gasteiger partial charge < -0.3 is 4.90 Å². The molecular formula is C13H18N4. The lowest BCUT2D eigenvalue weighted by molar-refractivity contribution is 0.199. The Morgan fingerprint density at radius 1 is 1.53 bits per heavy atom. The minimum atomic E-state index is 0.494. The van der Waals surface area contributed by atoms with Crippen molar-refractivity contribution in [3.05, 3.63) is 24.0 Å². The molecule has 0 aromatic carbocycles. The summed E-state index contributed by atoms with van der Waals surface area (Å²) < 4.78 is 0. The lowest BCUT2D eigenvalue weighted by Gasteiger charge is -2.40. The molecule has 1 aliphatic heterocycles. The number of piperazine rings is 1. The molecule has 1 aromatic rings. The molecule has 0 aliphatic carbocycles. The van der Waals surface area contributed by atoms with E-state index < -0.39 is 0 Å². The van der Waals surface area contributed by atoms with E-state index in [0.717, 1.165) is 31.9 Å². The van der Waals surface area contributed by atoms with E-state index in [0.29, 0.717) is 11.7 Å². The molecule has 0 radical (unpaired) electrons. The summed E-state index contributed by atoms with van der Waals surface area (Å²) in [5, 5.41) is 8.85. The summed E-state index contributed by atoms with van der Waals surface area (Å²) in [4.78, 5) is 8.81. The van der Waals surface area contributed by atoms with Gasteiger partial charge in [-0.15, -0.1) is 0 Å². The summed E-state index contributed by atoms with van der Waals surface area (Å²) in [5.74, 6) is 0. The Morgan fingerprint density at radius 2 is 2.35 bits per heavy atom. The number of anilines is 1. The van der Waals surface area contributed by atoms with E-state index in [1.807, 2.05) is 12.1 Å². The molecule has 1 saturated heterocycles. The molecule has 2 heterocycles. The molecule has 0 N–H and O–H groups in total. The molecule has 17 heavy (non-hydrogen) atoms. The zero-order chi connectivity index (χ0) is 12.3. The Kier molecular flexibility index (Phi) is 3.60. The van der Waals surface area contributed by atoms with E-state index >= 15 is 0 Å². The van der Waals surface area contributed by atoms with Crippen molar-refractivity contribution in [1.82, 2.24) is 9.88 Å². The highest BCUT2D eigenvalue weighted by molar-refractivity contribution is 5.49. The summed E-state index contributed by atoms with van der Waals surface area (Å²) in [5.41, 5.74) is 1.60. The standard InChI is InChI=1S/C13H18N4/c1-3-16-6-7-17(10-11(16)2)13-4-5-15-12(8-13)9-14/h4-5,8,11H,3,6-7,10H2,1-2H3. The van der Waals surface area contributed by atoms with Crippen LogP contribution in [0.25, 0.3) is 0 Å². The van der Waals surface area contributed by atoms with Gasteiger partial charge >= 0.3 is 0 Å². The van der Waals surface area contributed by atoms with Crippen LogP contribution >= 0.6 is 0 Å². The topological polar surface area (TPSA) is 43.2 Å². The summed E-state index contributed by atoms with van der Waals surface area (Å²) >= 11 is 0. The van der Waals surface area contributed by atoms with Crippen LogP contribution in [0.5, 0.6) is 0 Å². The van der Waals surface area contributed by atoms with E-state index in [9.17, 15) is 0 Å². The predicted octanol–water partition coefficient (Wildman–Crippen LogP) is 1.48. The highest BCUT2D eigenvalue weighted by Crippen LogP contribution is 2.19. The summed E-state index contributed by atoms with van der Waals surface area (Å²) in [6, 6.07) is 6.50. The van der Waals surface area contributed by atoms with E-state index in [4.69, 9.17) is 5.26 Å². The van der Waals surface area contributed by atoms with Crippen LogP contribution in [0.4, 0.5) is 5.69 Å². The van der Waals surface area contributed by atoms with Gasteiger partial charge in [0.1, 0.15) is 11.8 Å². The first-order valence-electron chi connectivity index (χ1n) is 6.09. The van der Waals surface area contributed by atoms with Crippen molar-refractivity contribution in [2.75, 3.05) is 31.1 Å². The molecule has 0 amide bonds. The molecule has 1 aromatic heterocycles. The molecule has 2 rings (SSSR count). The maximum absolute atomic E-state index is 8.85. The molecule has 0 saturated carbocycles. The Hall–Kier alpha value is -1.60. The van der Waals surface area contributed by atoms with Crippen LogP contribution < -0.4 is 4.90 Å². The highest BCUT2D eigenvalue weighted by Gasteiger charge is 2.22. The third-order valence-corrected chi connectivity index (χ3v) is 3.39. The van der Waals surface area contributed by atoms with Gasteiger partial charge in [-0.3, -0.25) is 4.90 Å². The molecule has 1 atom stereocenters. The normalized spacial score (nSPS) is 21.2. The van der Waals surface area contributed by atoms with Crippen molar-refractivity contribution in [1.29, 1.82) is 5.26 Å². The first kappa shape index (κ1) is 11.9. The minimum absolute atomic E-state index is 0.494. The van der Waals surface area contributed by atoms with E-state index in [-0.39, 0.29) is 0 Å². The number of pyridine rings is 1. The molecule has 1 fully saturated rings. The van der Waals surface area contributed by atoms with Gasteiger partial charge in [-0.25, -0.2) is 4.98 Å². The van der Waals surface area contributed by atoms with Crippen LogP contribution in [0, 0.1) is 11.3 Å². The van der Waals surface area contributed by atoms with Crippen molar-refractivity contribution in [2.24, 2.45) is 0 Å². The molecule has 1 unspecified atom stereocenters. The maximum atomic E-state index is 8.85. The number of nitriles is 1. The van der Waals surface area contributed by atoms with E-state index in [1.165, 1.54) is 0 Å². The van der Waals surface area contributed by atoms with Gasteiger partial charge in [0.05, 0.1) is 0 Å². The van der Waals surface area contributed by atoms with Gasteiger partial charge in [-0.05, 0) is 25.6 Å². The average molecular weight is 230 g/mol. The van der Waals surface area contributed by atoms with Crippen molar-refractivity contribution >= 4 is 5.69 Å². The maximum Gasteiger partial charge on any atom is 0.142 e. The number of nitrogens with zero attached hydrogens (tertiary/aromatic N) is 4. The Balaban J connectivity index is 2.11. The van der Waals surface area contributed by atoms with Crippen LogP contribution in [0.1, 0.15) is 19.5 Å². The lowest BCUT2D eigenvalue weighted by Crippen LogP contribution is -2.51. The van der Waals surface area contributed by atoms with Crippen LogP contribution in [0.15, 0.2) is 18.3 Å². The fraction of sp³-hybridized carbons (Fsp3) is 0.538. The SMILES string of the molecule is CCN1CCN(c2ccnc(C#N)c2)CC1C. The number of hydrogen-bond donors (Lipinski definition) is 0. The summed E-state index contributed by atoms with van der Waals surface area (Å²) in [7, 11) is 0. The van der Waals surface area contributed by atoms with Crippen LogP contribution in [-0.4, -0.2) is 42.1 Å². The zero-order valence-electron chi connectivity index (χ0n) is 10.4. The predicted molar refractivity (Wildman–Crippen MR) is 67.9 cm³/mol. The van der Waals surface area contributed by atoms with Crippen LogP contribution in [0.2, 0.25) is 0 Å². The number of likely N-dealkylation sites (N-methyl/N-ethyl adjacent to an activating group) is 1. The van der Waals surface area contributed by atoms with Gasteiger partial charge in [0.25, 0.3) is 0 Å². The summed E-state index contributed by atoms with van der Waals surface area (Å²) in [6.07, 6.45) is 1.71. The van der Waals surface area contributed by atoms with Crippen molar-refractivity contribution in [3.8, 4) is 6.07 Å². The average Bonchev–Trinajstić information content (AvgIpc) is 2.38. The first-order chi connectivity index (χ1) is 8.24. The van der Waals surface area contributed by atoms with Crippen LogP contribution in [-0.2, 0) is 0 Å². The Morgan fingerprint density at radius 3 is 3.00 bits per heavy atom. The van der Waals surface area contributed by atoms with Gasteiger partial charge in [0.2, 0.25) is 0 Å². The van der Waals surface area contributed by atoms with E-state index in [2.05, 4.69) is 34.7 Å². The number of rotatable bonds is 2. The van der Waals surface area contributed by atoms with Crippen molar-refractivity contribution in [3.63, 3.8) is 0 Å². The van der Waals surface area contributed by atoms with Crippen molar-refractivity contribution in [2.45, 2.75) is 19.9 Å². The summed E-state index contributed by atoms with van der Waals surface area (Å²) in [6.45, 7) is 8.68.